The molecule has 1 atom stereocenters. The minimum atomic E-state index is -0.108. The van der Waals surface area contributed by atoms with Crippen molar-refractivity contribution in [1.29, 1.82) is 0 Å². The first kappa shape index (κ1) is 20.0. The van der Waals surface area contributed by atoms with E-state index in [4.69, 9.17) is 5.73 Å². The van der Waals surface area contributed by atoms with E-state index in [-0.39, 0.29) is 6.10 Å². The monoisotopic (exact) mass is 367 g/mol. The molecule has 146 valence electrons. The standard InChI is InChI=1S/C12H18N2.C11H15NO/c13-7-3-8-14-9-6-11-4-1-2-5-12(11)10-14;13-11-6-7-12(9-11)8-10-4-2-1-3-5-10/h1-2,4-5H,3,6-10,13H2;1-5,11,13H,6-9H2. The van der Waals surface area contributed by atoms with Gasteiger partial charge in [-0.1, -0.05) is 54.6 Å². The number of nitrogens with zero attached hydrogens (tertiary/aromatic N) is 2. The molecule has 0 aliphatic carbocycles. The van der Waals surface area contributed by atoms with Gasteiger partial charge in [0.2, 0.25) is 0 Å². The van der Waals surface area contributed by atoms with Gasteiger partial charge in [0.05, 0.1) is 6.10 Å². The third kappa shape index (κ3) is 6.43. The Balaban J connectivity index is 0.000000156. The molecule has 4 nitrogen and oxygen atoms in total. The highest BCUT2D eigenvalue weighted by atomic mass is 16.3. The largest absolute Gasteiger partial charge is 0.392 e. The van der Waals surface area contributed by atoms with Crippen LogP contribution in [0.3, 0.4) is 0 Å². The molecule has 0 spiro atoms. The first-order chi connectivity index (χ1) is 13.2. The second-order valence-electron chi connectivity index (χ2n) is 7.60. The normalized spacial score (nSPS) is 20.0. The molecule has 0 radical (unpaired) electrons. The minimum absolute atomic E-state index is 0.108. The summed E-state index contributed by atoms with van der Waals surface area (Å²) in [5, 5.41) is 9.34. The van der Waals surface area contributed by atoms with Gasteiger partial charge in [0, 0.05) is 32.7 Å². The first-order valence-corrected chi connectivity index (χ1v) is 10.2. The van der Waals surface area contributed by atoms with Crippen LogP contribution in [0, 0.1) is 0 Å². The van der Waals surface area contributed by atoms with Gasteiger partial charge in [0.25, 0.3) is 0 Å². The van der Waals surface area contributed by atoms with Crippen LogP contribution in [0.5, 0.6) is 0 Å². The molecule has 0 aromatic heterocycles. The van der Waals surface area contributed by atoms with Gasteiger partial charge in [-0.2, -0.15) is 0 Å². The summed E-state index contributed by atoms with van der Waals surface area (Å²) in [6.45, 7) is 7.07. The van der Waals surface area contributed by atoms with Crippen LogP contribution < -0.4 is 5.73 Å². The molecule has 1 fully saturated rings. The number of hydrogen-bond donors (Lipinski definition) is 2. The number of rotatable bonds is 5. The van der Waals surface area contributed by atoms with Gasteiger partial charge in [-0.15, -0.1) is 0 Å². The maximum atomic E-state index is 9.34. The summed E-state index contributed by atoms with van der Waals surface area (Å²) < 4.78 is 0. The third-order valence-electron chi connectivity index (χ3n) is 5.38. The van der Waals surface area contributed by atoms with Crippen LogP contribution in [0.4, 0.5) is 0 Å². The fraction of sp³-hybridized carbons (Fsp3) is 0.478. The second kappa shape index (κ2) is 10.6. The van der Waals surface area contributed by atoms with E-state index >= 15 is 0 Å². The lowest BCUT2D eigenvalue weighted by Crippen LogP contribution is -2.32. The van der Waals surface area contributed by atoms with E-state index < -0.39 is 0 Å². The molecule has 2 aliphatic heterocycles. The molecule has 3 N–H and O–H groups in total. The van der Waals surface area contributed by atoms with E-state index in [0.717, 1.165) is 52.1 Å². The zero-order chi connectivity index (χ0) is 18.9. The average molecular weight is 368 g/mol. The number of fused-ring (bicyclic) bond motifs is 1. The molecule has 2 aromatic rings. The average Bonchev–Trinajstić information content (AvgIpc) is 3.12. The highest BCUT2D eigenvalue weighted by Gasteiger charge is 2.19. The first-order valence-electron chi connectivity index (χ1n) is 10.2. The summed E-state index contributed by atoms with van der Waals surface area (Å²) in [4.78, 5) is 4.79. The predicted octanol–water partition coefficient (Wildman–Crippen LogP) is 2.65. The number of aliphatic hydroxyl groups is 1. The van der Waals surface area contributed by atoms with E-state index in [1.807, 2.05) is 6.07 Å². The Kier molecular flexibility index (Phi) is 7.84. The maximum absolute atomic E-state index is 9.34. The Morgan fingerprint density at radius 3 is 2.37 bits per heavy atom. The zero-order valence-corrected chi connectivity index (χ0v) is 16.3. The SMILES string of the molecule is NCCCN1CCc2ccccc2C1.OC1CCN(Cc2ccccc2)C1. The predicted molar refractivity (Wildman–Crippen MR) is 111 cm³/mol. The van der Waals surface area contributed by atoms with Crippen LogP contribution in [-0.4, -0.2) is 53.7 Å². The smallest absolute Gasteiger partial charge is 0.0679 e. The number of likely N-dealkylation sites (tertiary alicyclic amines) is 1. The van der Waals surface area contributed by atoms with Crippen molar-refractivity contribution in [1.82, 2.24) is 9.80 Å². The van der Waals surface area contributed by atoms with Crippen molar-refractivity contribution in [3.8, 4) is 0 Å². The van der Waals surface area contributed by atoms with E-state index in [1.165, 1.54) is 29.7 Å². The maximum Gasteiger partial charge on any atom is 0.0679 e. The zero-order valence-electron chi connectivity index (χ0n) is 16.3. The van der Waals surface area contributed by atoms with Crippen molar-refractivity contribution in [2.24, 2.45) is 5.73 Å². The lowest BCUT2D eigenvalue weighted by atomic mass is 10.00. The quantitative estimate of drug-likeness (QED) is 0.853. The summed E-state index contributed by atoms with van der Waals surface area (Å²) in [5.74, 6) is 0. The fourth-order valence-electron chi connectivity index (χ4n) is 3.86. The van der Waals surface area contributed by atoms with E-state index in [9.17, 15) is 5.11 Å². The molecule has 27 heavy (non-hydrogen) atoms. The van der Waals surface area contributed by atoms with E-state index in [2.05, 4.69) is 58.3 Å². The molecule has 0 saturated carbocycles. The summed E-state index contributed by atoms with van der Waals surface area (Å²) in [7, 11) is 0. The van der Waals surface area contributed by atoms with Gasteiger partial charge in [0.1, 0.15) is 0 Å². The molecule has 1 saturated heterocycles. The summed E-state index contributed by atoms with van der Waals surface area (Å²) >= 11 is 0. The van der Waals surface area contributed by atoms with Crippen LogP contribution in [-0.2, 0) is 19.5 Å². The molecule has 1 unspecified atom stereocenters. The van der Waals surface area contributed by atoms with Gasteiger partial charge < -0.3 is 10.8 Å². The lowest BCUT2D eigenvalue weighted by Gasteiger charge is -2.28. The Bertz CT molecular complexity index is 676. The highest BCUT2D eigenvalue weighted by Crippen LogP contribution is 2.18. The molecule has 0 bridgehead atoms. The van der Waals surface area contributed by atoms with Crippen molar-refractivity contribution in [3.63, 3.8) is 0 Å². The third-order valence-corrected chi connectivity index (χ3v) is 5.38. The van der Waals surface area contributed by atoms with Crippen molar-refractivity contribution >= 4 is 0 Å². The topological polar surface area (TPSA) is 52.7 Å². The number of hydrogen-bond acceptors (Lipinski definition) is 4. The lowest BCUT2D eigenvalue weighted by molar-refractivity contribution is 0.175. The van der Waals surface area contributed by atoms with Gasteiger partial charge in [0.15, 0.2) is 0 Å². The van der Waals surface area contributed by atoms with Crippen LogP contribution >= 0.6 is 0 Å². The number of aliphatic hydroxyl groups excluding tert-OH is 1. The molecule has 4 heteroatoms. The number of β-amino-alcohol motifs (C(OH)–C–C–N with tert-alkyl or cyclic N) is 1. The summed E-state index contributed by atoms with van der Waals surface area (Å²) in [6, 6.07) is 19.2. The summed E-state index contributed by atoms with van der Waals surface area (Å²) in [6.07, 6.45) is 3.12. The Hall–Kier alpha value is -1.72. The van der Waals surface area contributed by atoms with E-state index in [0.29, 0.717) is 0 Å². The molecule has 2 aromatic carbocycles. The molecule has 0 amide bonds. The molecule has 2 aliphatic rings. The Morgan fingerprint density at radius 1 is 0.926 bits per heavy atom. The van der Waals surface area contributed by atoms with Crippen molar-refractivity contribution in [2.45, 2.75) is 38.5 Å². The second-order valence-corrected chi connectivity index (χ2v) is 7.60. The van der Waals surface area contributed by atoms with Gasteiger partial charge in [-0.3, -0.25) is 9.80 Å². The molecular formula is C23H33N3O. The van der Waals surface area contributed by atoms with Crippen molar-refractivity contribution in [2.75, 3.05) is 32.7 Å². The van der Waals surface area contributed by atoms with Crippen LogP contribution in [0.1, 0.15) is 29.5 Å². The Labute approximate surface area is 163 Å². The van der Waals surface area contributed by atoms with Crippen LogP contribution in [0.15, 0.2) is 54.6 Å². The van der Waals surface area contributed by atoms with Gasteiger partial charge >= 0.3 is 0 Å². The summed E-state index contributed by atoms with van der Waals surface area (Å²) in [5.41, 5.74) is 9.86. The van der Waals surface area contributed by atoms with Crippen LogP contribution in [0.25, 0.3) is 0 Å². The molecule has 4 rings (SSSR count). The molecule has 2 heterocycles. The highest BCUT2D eigenvalue weighted by molar-refractivity contribution is 5.29. The number of nitrogens with two attached hydrogens (primary N) is 1. The van der Waals surface area contributed by atoms with Crippen LogP contribution in [0.2, 0.25) is 0 Å². The van der Waals surface area contributed by atoms with Gasteiger partial charge in [-0.25, -0.2) is 0 Å². The molecular weight excluding hydrogens is 334 g/mol. The van der Waals surface area contributed by atoms with Gasteiger partial charge in [-0.05, 0) is 49.0 Å². The Morgan fingerprint density at radius 2 is 1.67 bits per heavy atom. The van der Waals surface area contributed by atoms with E-state index in [1.54, 1.807) is 0 Å². The fourth-order valence-corrected chi connectivity index (χ4v) is 3.86. The van der Waals surface area contributed by atoms with Crippen molar-refractivity contribution in [3.05, 3.63) is 71.3 Å². The number of benzene rings is 2. The van der Waals surface area contributed by atoms with Crippen molar-refractivity contribution < 1.29 is 5.11 Å². The minimum Gasteiger partial charge on any atom is -0.392 e.